The molecule has 1 aliphatic rings. The third-order valence-corrected chi connectivity index (χ3v) is 6.51. The van der Waals surface area contributed by atoms with Crippen LogP contribution in [0.15, 0.2) is 24.3 Å². The first kappa shape index (κ1) is 32.8. The molecule has 8 heteroatoms. The Hall–Kier alpha value is -2.19. The number of amides is 1. The Morgan fingerprint density at radius 3 is 2.24 bits per heavy atom. The van der Waals surface area contributed by atoms with Gasteiger partial charge in [-0.15, -0.1) is 0 Å². The van der Waals surface area contributed by atoms with E-state index in [1.54, 1.807) is 4.90 Å². The van der Waals surface area contributed by atoms with Crippen molar-refractivity contribution in [2.75, 3.05) is 52.5 Å². The molecule has 1 saturated heterocycles. The number of carbonyl (C=O) groups is 3. The van der Waals surface area contributed by atoms with Gasteiger partial charge >= 0.3 is 5.97 Å². The van der Waals surface area contributed by atoms with Crippen molar-refractivity contribution in [3.63, 3.8) is 0 Å². The first-order valence-electron chi connectivity index (χ1n) is 14.2. The molecule has 1 amide bonds. The van der Waals surface area contributed by atoms with Gasteiger partial charge in [-0.2, -0.15) is 0 Å². The average Bonchev–Trinajstić information content (AvgIpc) is 2.87. The number of aliphatic hydroxyl groups excluding tert-OH is 1. The maximum absolute atomic E-state index is 12.6. The van der Waals surface area contributed by atoms with Gasteiger partial charge in [0.05, 0.1) is 19.6 Å². The van der Waals surface area contributed by atoms with Crippen molar-refractivity contribution in [2.24, 2.45) is 5.92 Å². The highest BCUT2D eigenvalue weighted by atomic mass is 16.5. The van der Waals surface area contributed by atoms with Crippen LogP contribution in [0.5, 0.6) is 0 Å². The van der Waals surface area contributed by atoms with E-state index in [1.165, 1.54) is 38.5 Å². The summed E-state index contributed by atoms with van der Waals surface area (Å²) >= 11 is 0. The molecule has 0 aromatic rings. The van der Waals surface area contributed by atoms with Gasteiger partial charge in [0.15, 0.2) is 0 Å². The van der Waals surface area contributed by atoms with Crippen LogP contribution in [-0.4, -0.2) is 85.8 Å². The van der Waals surface area contributed by atoms with Crippen LogP contribution < -0.4 is 0 Å². The van der Waals surface area contributed by atoms with Crippen LogP contribution in [0, 0.1) is 5.92 Å². The molecule has 0 aromatic carbocycles. The molecule has 8 nitrogen and oxygen atoms in total. The fourth-order valence-corrected chi connectivity index (χ4v) is 4.21. The molecular weight excluding hydrogens is 472 g/mol. The number of hydrogen-bond acceptors (Lipinski definition) is 7. The average molecular weight is 523 g/mol. The Kier molecular flexibility index (Phi) is 20.4. The van der Waals surface area contributed by atoms with Crippen molar-refractivity contribution in [3.8, 4) is 0 Å². The normalized spacial score (nSPS) is 14.2. The zero-order valence-corrected chi connectivity index (χ0v) is 23.0. The summed E-state index contributed by atoms with van der Waals surface area (Å²) in [5.74, 6) is -0.110. The zero-order chi connectivity index (χ0) is 27.0. The third kappa shape index (κ3) is 17.8. The molecule has 1 rings (SSSR count). The van der Waals surface area contributed by atoms with Gasteiger partial charge in [-0.05, 0) is 38.5 Å². The second-order valence-corrected chi connectivity index (χ2v) is 9.79. The summed E-state index contributed by atoms with van der Waals surface area (Å²) in [6.07, 6.45) is 21.9. The first-order valence-corrected chi connectivity index (χ1v) is 14.2. The van der Waals surface area contributed by atoms with E-state index in [0.717, 1.165) is 32.1 Å². The highest BCUT2D eigenvalue weighted by Crippen LogP contribution is 2.14. The number of hydrogen-bond donors (Lipinski definition) is 1. The van der Waals surface area contributed by atoms with E-state index in [9.17, 15) is 14.4 Å². The lowest BCUT2D eigenvalue weighted by atomic mass is 10.0. The molecule has 0 aliphatic carbocycles. The number of nitrogens with zero attached hydrogens (tertiary/aromatic N) is 2. The molecule has 0 saturated carbocycles. The number of esters is 1. The van der Waals surface area contributed by atoms with Gasteiger partial charge < -0.3 is 19.5 Å². The standard InChI is InChI=1S/C29H50N2O6/c1-2-3-4-5-6-7-8-9-10-11-12-13-14-15-16-17-29(35)37-21-19-31(18-20-36-26-33)28(34)24-30-22-27(23-30)25-32/h6-7,9-10,26-27,32H,2-5,8,11-25H2,1H3/b7-6-,10-9-. The molecule has 0 radical (unpaired) electrons. The minimum Gasteiger partial charge on any atom is -0.466 e. The number of rotatable bonds is 24. The number of unbranched alkanes of at least 4 members (excludes halogenated alkanes) is 8. The van der Waals surface area contributed by atoms with Gasteiger partial charge in [-0.25, -0.2) is 0 Å². The van der Waals surface area contributed by atoms with Crippen molar-refractivity contribution < 1.29 is 29.0 Å². The molecule has 0 atom stereocenters. The fraction of sp³-hybridized carbons (Fsp3) is 0.759. The number of ether oxygens (including phenoxy) is 2. The summed E-state index contributed by atoms with van der Waals surface area (Å²) in [7, 11) is 0. The van der Waals surface area contributed by atoms with Crippen molar-refractivity contribution in [1.82, 2.24) is 9.80 Å². The summed E-state index contributed by atoms with van der Waals surface area (Å²) in [6.45, 7) is 5.13. The lowest BCUT2D eigenvalue weighted by molar-refractivity contribution is -0.147. The Bertz CT molecular complexity index is 661. The SMILES string of the molecule is CCCCC/C=C\C/C=C\CCCCCCCC(=O)OCCN(CCOC=O)C(=O)CN1CC(CO)C1. The molecule has 1 aliphatic heterocycles. The number of likely N-dealkylation sites (tertiary alicyclic amines) is 1. The Morgan fingerprint density at radius 1 is 0.919 bits per heavy atom. The maximum atomic E-state index is 12.6. The summed E-state index contributed by atoms with van der Waals surface area (Å²) in [4.78, 5) is 38.6. The minimum atomic E-state index is -0.240. The first-order chi connectivity index (χ1) is 18.1. The second-order valence-electron chi connectivity index (χ2n) is 9.79. The van der Waals surface area contributed by atoms with Crippen LogP contribution in [0.25, 0.3) is 0 Å². The van der Waals surface area contributed by atoms with Gasteiger partial charge in [0, 0.05) is 32.0 Å². The molecule has 1 N–H and O–H groups in total. The predicted molar refractivity (Wildman–Crippen MR) is 146 cm³/mol. The summed E-state index contributed by atoms with van der Waals surface area (Å²) in [5, 5.41) is 9.12. The quantitative estimate of drug-likeness (QED) is 0.0875. The van der Waals surface area contributed by atoms with E-state index in [4.69, 9.17) is 14.6 Å². The van der Waals surface area contributed by atoms with E-state index in [1.807, 2.05) is 4.90 Å². The zero-order valence-electron chi connectivity index (χ0n) is 23.0. The summed E-state index contributed by atoms with van der Waals surface area (Å²) in [6, 6.07) is 0. The van der Waals surface area contributed by atoms with Crippen molar-refractivity contribution in [2.45, 2.75) is 84.0 Å². The molecule has 0 unspecified atom stereocenters. The molecule has 1 heterocycles. The van der Waals surface area contributed by atoms with E-state index >= 15 is 0 Å². The predicted octanol–water partition coefficient (Wildman–Crippen LogP) is 4.27. The molecule has 0 spiro atoms. The Labute approximate surface area is 224 Å². The Morgan fingerprint density at radius 2 is 1.57 bits per heavy atom. The van der Waals surface area contributed by atoms with E-state index in [0.29, 0.717) is 26.0 Å². The van der Waals surface area contributed by atoms with E-state index in [2.05, 4.69) is 31.2 Å². The monoisotopic (exact) mass is 522 g/mol. The highest BCUT2D eigenvalue weighted by molar-refractivity contribution is 5.78. The van der Waals surface area contributed by atoms with Crippen LogP contribution in [0.3, 0.4) is 0 Å². The van der Waals surface area contributed by atoms with Gasteiger partial charge in [0.1, 0.15) is 13.2 Å². The van der Waals surface area contributed by atoms with Gasteiger partial charge in [0.25, 0.3) is 6.47 Å². The van der Waals surface area contributed by atoms with Crippen LogP contribution >= 0.6 is 0 Å². The van der Waals surface area contributed by atoms with Crippen molar-refractivity contribution in [3.05, 3.63) is 24.3 Å². The molecule has 212 valence electrons. The molecular formula is C29H50N2O6. The molecule has 37 heavy (non-hydrogen) atoms. The van der Waals surface area contributed by atoms with Crippen molar-refractivity contribution >= 4 is 18.3 Å². The van der Waals surface area contributed by atoms with Gasteiger partial charge in [-0.3, -0.25) is 19.3 Å². The highest BCUT2D eigenvalue weighted by Gasteiger charge is 2.28. The lowest BCUT2D eigenvalue weighted by Crippen LogP contribution is -2.53. The third-order valence-electron chi connectivity index (χ3n) is 6.51. The van der Waals surface area contributed by atoms with Crippen LogP contribution in [-0.2, 0) is 23.9 Å². The topological polar surface area (TPSA) is 96.4 Å². The van der Waals surface area contributed by atoms with E-state index < -0.39 is 0 Å². The molecule has 1 fully saturated rings. The van der Waals surface area contributed by atoms with E-state index in [-0.39, 0.29) is 57.2 Å². The largest absolute Gasteiger partial charge is 0.466 e. The summed E-state index contributed by atoms with van der Waals surface area (Å²) < 4.78 is 10.0. The number of aliphatic hydroxyl groups is 1. The Balaban J connectivity index is 2.05. The fourth-order valence-electron chi connectivity index (χ4n) is 4.21. The smallest absolute Gasteiger partial charge is 0.305 e. The minimum absolute atomic E-state index is 0.101. The van der Waals surface area contributed by atoms with Crippen LogP contribution in [0.1, 0.15) is 84.0 Å². The number of carbonyl (C=O) groups excluding carboxylic acids is 3. The van der Waals surface area contributed by atoms with Crippen LogP contribution in [0.4, 0.5) is 0 Å². The van der Waals surface area contributed by atoms with Crippen LogP contribution in [0.2, 0.25) is 0 Å². The van der Waals surface area contributed by atoms with Gasteiger partial charge in [-0.1, -0.05) is 63.3 Å². The summed E-state index contributed by atoms with van der Waals surface area (Å²) in [5.41, 5.74) is 0. The lowest BCUT2D eigenvalue weighted by Gasteiger charge is -2.38. The second kappa shape index (κ2) is 23.0. The molecule has 0 aromatic heterocycles. The van der Waals surface area contributed by atoms with Crippen molar-refractivity contribution in [1.29, 1.82) is 0 Å². The maximum Gasteiger partial charge on any atom is 0.305 e. The number of allylic oxidation sites excluding steroid dienone is 4. The molecule has 0 bridgehead atoms. The van der Waals surface area contributed by atoms with Gasteiger partial charge in [0.2, 0.25) is 5.91 Å².